The van der Waals surface area contributed by atoms with E-state index in [9.17, 15) is 13.2 Å². The highest BCUT2D eigenvalue weighted by molar-refractivity contribution is 5.25. The minimum Gasteiger partial charge on any atom is -0.328 e. The fourth-order valence-electron chi connectivity index (χ4n) is 2.68. The van der Waals surface area contributed by atoms with Crippen LogP contribution >= 0.6 is 0 Å². The van der Waals surface area contributed by atoms with E-state index in [4.69, 9.17) is 5.73 Å². The van der Waals surface area contributed by atoms with Crippen LogP contribution in [0.4, 0.5) is 13.2 Å². The van der Waals surface area contributed by atoms with Gasteiger partial charge >= 0.3 is 6.18 Å². The molecule has 2 unspecified atom stereocenters. The Hall–Kier alpha value is -1.03. The summed E-state index contributed by atoms with van der Waals surface area (Å²) in [6.45, 7) is 0. The highest BCUT2D eigenvalue weighted by Crippen LogP contribution is 2.30. The minimum absolute atomic E-state index is 0.262. The largest absolute Gasteiger partial charge is 0.416 e. The smallest absolute Gasteiger partial charge is 0.328 e. The number of hydrogen-bond acceptors (Lipinski definition) is 1. The van der Waals surface area contributed by atoms with E-state index in [2.05, 4.69) is 0 Å². The Morgan fingerprint density at radius 3 is 2.33 bits per heavy atom. The van der Waals surface area contributed by atoms with E-state index in [-0.39, 0.29) is 6.04 Å². The quantitative estimate of drug-likeness (QED) is 0.857. The van der Waals surface area contributed by atoms with Gasteiger partial charge in [-0.3, -0.25) is 0 Å². The van der Waals surface area contributed by atoms with Gasteiger partial charge in [-0.15, -0.1) is 0 Å². The number of halogens is 3. The van der Waals surface area contributed by atoms with Gasteiger partial charge in [0.05, 0.1) is 5.56 Å². The van der Waals surface area contributed by atoms with Gasteiger partial charge in [-0.25, -0.2) is 0 Å². The Morgan fingerprint density at radius 1 is 1.11 bits per heavy atom. The van der Waals surface area contributed by atoms with Crippen molar-refractivity contribution in [1.29, 1.82) is 0 Å². The lowest BCUT2D eigenvalue weighted by Gasteiger charge is -2.26. The molecule has 0 saturated heterocycles. The fraction of sp³-hybridized carbons (Fsp3) is 0.571. The first-order chi connectivity index (χ1) is 8.45. The highest BCUT2D eigenvalue weighted by Gasteiger charge is 2.30. The molecule has 2 rings (SSSR count). The van der Waals surface area contributed by atoms with Gasteiger partial charge in [-0.2, -0.15) is 13.2 Å². The summed E-state index contributed by atoms with van der Waals surface area (Å²) >= 11 is 0. The van der Waals surface area contributed by atoms with Crippen molar-refractivity contribution >= 4 is 0 Å². The molecule has 100 valence electrons. The van der Waals surface area contributed by atoms with E-state index in [1.807, 2.05) is 0 Å². The molecule has 1 aromatic rings. The van der Waals surface area contributed by atoms with Crippen LogP contribution in [-0.2, 0) is 12.6 Å². The van der Waals surface area contributed by atoms with E-state index in [0.717, 1.165) is 49.8 Å². The third-order valence-electron chi connectivity index (χ3n) is 3.63. The SMILES string of the molecule is NC1CCCC(Cc2ccc(C(F)(F)F)cc2)C1. The van der Waals surface area contributed by atoms with Crippen LogP contribution in [0.25, 0.3) is 0 Å². The lowest BCUT2D eigenvalue weighted by molar-refractivity contribution is -0.137. The number of rotatable bonds is 2. The Morgan fingerprint density at radius 2 is 1.78 bits per heavy atom. The van der Waals surface area contributed by atoms with Gasteiger partial charge in [-0.1, -0.05) is 25.0 Å². The van der Waals surface area contributed by atoms with E-state index in [0.29, 0.717) is 5.92 Å². The molecule has 1 saturated carbocycles. The van der Waals surface area contributed by atoms with Crippen LogP contribution in [0.1, 0.15) is 36.8 Å². The molecular formula is C14H18F3N. The highest BCUT2D eigenvalue weighted by atomic mass is 19.4. The Balaban J connectivity index is 1.98. The summed E-state index contributed by atoms with van der Waals surface area (Å²) in [5, 5.41) is 0. The van der Waals surface area contributed by atoms with Gasteiger partial charge in [0.2, 0.25) is 0 Å². The molecule has 1 aliphatic carbocycles. The molecule has 0 heterocycles. The molecule has 2 N–H and O–H groups in total. The van der Waals surface area contributed by atoms with Crippen molar-refractivity contribution < 1.29 is 13.2 Å². The second-order valence-corrected chi connectivity index (χ2v) is 5.19. The Bertz CT molecular complexity index is 383. The van der Waals surface area contributed by atoms with Crippen molar-refractivity contribution in [1.82, 2.24) is 0 Å². The van der Waals surface area contributed by atoms with Crippen LogP contribution in [0.2, 0.25) is 0 Å². The van der Waals surface area contributed by atoms with Crippen molar-refractivity contribution in [2.75, 3.05) is 0 Å². The molecule has 4 heteroatoms. The summed E-state index contributed by atoms with van der Waals surface area (Å²) in [4.78, 5) is 0. The summed E-state index contributed by atoms with van der Waals surface area (Å²) < 4.78 is 37.2. The molecule has 0 amide bonds. The first-order valence-corrected chi connectivity index (χ1v) is 6.37. The number of alkyl halides is 3. The van der Waals surface area contributed by atoms with E-state index < -0.39 is 11.7 Å². The molecule has 0 bridgehead atoms. The maximum atomic E-state index is 12.4. The van der Waals surface area contributed by atoms with Crippen molar-refractivity contribution in [3.05, 3.63) is 35.4 Å². The maximum absolute atomic E-state index is 12.4. The standard InChI is InChI=1S/C14H18F3N/c15-14(16,17)12-6-4-10(5-7-12)8-11-2-1-3-13(18)9-11/h4-7,11,13H,1-3,8-9,18H2. The molecule has 0 radical (unpaired) electrons. The normalized spacial score (nSPS) is 25.1. The summed E-state index contributed by atoms with van der Waals surface area (Å²) in [6.07, 6.45) is 0.920. The van der Waals surface area contributed by atoms with Gasteiger partial charge < -0.3 is 5.73 Å². The van der Waals surface area contributed by atoms with Crippen LogP contribution < -0.4 is 5.73 Å². The van der Waals surface area contributed by atoms with Gasteiger partial charge in [0, 0.05) is 6.04 Å². The summed E-state index contributed by atoms with van der Waals surface area (Å²) in [5.41, 5.74) is 6.31. The summed E-state index contributed by atoms with van der Waals surface area (Å²) in [7, 11) is 0. The van der Waals surface area contributed by atoms with Gasteiger partial charge in [-0.05, 0) is 42.9 Å². The molecule has 1 aromatic carbocycles. The van der Waals surface area contributed by atoms with Crippen LogP contribution in [0, 0.1) is 5.92 Å². The van der Waals surface area contributed by atoms with Gasteiger partial charge in [0.15, 0.2) is 0 Å². The third kappa shape index (κ3) is 3.48. The van der Waals surface area contributed by atoms with E-state index in [1.54, 1.807) is 12.1 Å². The molecule has 0 aliphatic heterocycles. The van der Waals surface area contributed by atoms with Crippen molar-refractivity contribution in [2.24, 2.45) is 11.7 Å². The predicted molar refractivity (Wildman–Crippen MR) is 65.1 cm³/mol. The number of hydrogen-bond donors (Lipinski definition) is 1. The Kier molecular flexibility index (Phi) is 3.95. The van der Waals surface area contributed by atoms with E-state index in [1.165, 1.54) is 0 Å². The molecule has 1 aliphatic rings. The maximum Gasteiger partial charge on any atom is 0.416 e. The number of benzene rings is 1. The first-order valence-electron chi connectivity index (χ1n) is 6.37. The van der Waals surface area contributed by atoms with Crippen LogP contribution in [0.15, 0.2) is 24.3 Å². The fourth-order valence-corrected chi connectivity index (χ4v) is 2.68. The minimum atomic E-state index is -4.24. The topological polar surface area (TPSA) is 26.0 Å². The van der Waals surface area contributed by atoms with Crippen molar-refractivity contribution in [3.8, 4) is 0 Å². The predicted octanol–water partition coefficient (Wildman–Crippen LogP) is 3.77. The third-order valence-corrected chi connectivity index (χ3v) is 3.63. The van der Waals surface area contributed by atoms with Crippen molar-refractivity contribution in [2.45, 2.75) is 44.3 Å². The van der Waals surface area contributed by atoms with Crippen molar-refractivity contribution in [3.63, 3.8) is 0 Å². The molecule has 1 fully saturated rings. The summed E-state index contributed by atoms with van der Waals surface area (Å²) in [6, 6.07) is 5.76. The number of nitrogens with two attached hydrogens (primary N) is 1. The molecule has 0 spiro atoms. The van der Waals surface area contributed by atoms with E-state index >= 15 is 0 Å². The van der Waals surface area contributed by atoms with Crippen LogP contribution in [-0.4, -0.2) is 6.04 Å². The van der Waals surface area contributed by atoms with Gasteiger partial charge in [0.25, 0.3) is 0 Å². The molecular weight excluding hydrogens is 239 g/mol. The monoisotopic (exact) mass is 257 g/mol. The molecule has 18 heavy (non-hydrogen) atoms. The molecule has 1 nitrogen and oxygen atoms in total. The average Bonchev–Trinajstić information content (AvgIpc) is 2.28. The second-order valence-electron chi connectivity index (χ2n) is 5.19. The van der Waals surface area contributed by atoms with Gasteiger partial charge in [0.1, 0.15) is 0 Å². The second kappa shape index (κ2) is 5.31. The zero-order valence-electron chi connectivity index (χ0n) is 10.2. The summed E-state index contributed by atoms with van der Waals surface area (Å²) in [5.74, 6) is 0.519. The zero-order chi connectivity index (χ0) is 13.2. The van der Waals surface area contributed by atoms with Crippen LogP contribution in [0.3, 0.4) is 0 Å². The first kappa shape index (κ1) is 13.4. The Labute approximate surface area is 105 Å². The molecule has 2 atom stereocenters. The lowest BCUT2D eigenvalue weighted by atomic mass is 9.82. The lowest BCUT2D eigenvalue weighted by Crippen LogP contribution is -2.28. The average molecular weight is 257 g/mol. The van der Waals surface area contributed by atoms with Crippen LogP contribution in [0.5, 0.6) is 0 Å². The molecule has 0 aromatic heterocycles. The zero-order valence-corrected chi connectivity index (χ0v) is 10.2.